The first-order valence-electron chi connectivity index (χ1n) is 8.51. The summed E-state index contributed by atoms with van der Waals surface area (Å²) in [6, 6.07) is 9.33. The van der Waals surface area contributed by atoms with Crippen molar-refractivity contribution in [2.75, 3.05) is 21.3 Å². The Morgan fingerprint density at radius 1 is 1.03 bits per heavy atom. The predicted molar refractivity (Wildman–Crippen MR) is 107 cm³/mol. The summed E-state index contributed by atoms with van der Waals surface area (Å²) < 4.78 is 30.8. The Balaban J connectivity index is 1.80. The van der Waals surface area contributed by atoms with Crippen molar-refractivity contribution >= 4 is 22.4 Å². The molecule has 9 heteroatoms. The summed E-state index contributed by atoms with van der Waals surface area (Å²) in [4.78, 5) is 17.6. The molecular formula is C20H16FN3O4S. The van der Waals surface area contributed by atoms with Crippen molar-refractivity contribution in [3.05, 3.63) is 62.7 Å². The van der Waals surface area contributed by atoms with E-state index < -0.39 is 0 Å². The van der Waals surface area contributed by atoms with E-state index in [9.17, 15) is 9.18 Å². The van der Waals surface area contributed by atoms with Gasteiger partial charge in [0.15, 0.2) is 17.3 Å². The van der Waals surface area contributed by atoms with Gasteiger partial charge in [0.25, 0.3) is 5.56 Å². The van der Waals surface area contributed by atoms with Crippen LogP contribution in [0.2, 0.25) is 0 Å². The molecular weight excluding hydrogens is 397 g/mol. The quantitative estimate of drug-likeness (QED) is 0.501. The van der Waals surface area contributed by atoms with Crippen molar-refractivity contribution in [2.45, 2.75) is 0 Å². The summed E-state index contributed by atoms with van der Waals surface area (Å²) in [6.45, 7) is 0. The van der Waals surface area contributed by atoms with Crippen molar-refractivity contribution < 1.29 is 18.6 Å². The Hall–Kier alpha value is -3.46. The Labute approximate surface area is 168 Å². The van der Waals surface area contributed by atoms with Crippen LogP contribution in [0.3, 0.4) is 0 Å². The molecule has 7 nitrogen and oxygen atoms in total. The van der Waals surface area contributed by atoms with Gasteiger partial charge < -0.3 is 14.2 Å². The number of methoxy groups -OCH3 is 3. The number of hydrogen-bond acceptors (Lipinski definition) is 7. The van der Waals surface area contributed by atoms with Crippen molar-refractivity contribution in [3.63, 3.8) is 0 Å². The van der Waals surface area contributed by atoms with Gasteiger partial charge in [-0.05, 0) is 35.9 Å². The van der Waals surface area contributed by atoms with Crippen molar-refractivity contribution in [1.29, 1.82) is 0 Å². The Morgan fingerprint density at radius 2 is 1.69 bits per heavy atom. The number of fused-ring (bicyclic) bond motifs is 1. The molecule has 0 fully saturated rings. The third-order valence-corrected chi connectivity index (χ3v) is 5.23. The maximum Gasteiger partial charge on any atom is 0.291 e. The molecule has 4 aromatic rings. The minimum absolute atomic E-state index is 0.291. The molecule has 0 aliphatic carbocycles. The molecule has 0 N–H and O–H groups in total. The van der Waals surface area contributed by atoms with Crippen LogP contribution in [0.5, 0.6) is 17.2 Å². The van der Waals surface area contributed by atoms with Crippen molar-refractivity contribution in [1.82, 2.24) is 14.6 Å². The first kappa shape index (κ1) is 18.9. The molecule has 0 unspecified atom stereocenters. The third-order valence-electron chi connectivity index (χ3n) is 4.27. The van der Waals surface area contributed by atoms with E-state index in [0.717, 1.165) is 5.56 Å². The average molecular weight is 413 g/mol. The van der Waals surface area contributed by atoms with Gasteiger partial charge in [0.2, 0.25) is 10.7 Å². The van der Waals surface area contributed by atoms with Crippen LogP contribution < -0.4 is 24.3 Å². The van der Waals surface area contributed by atoms with Gasteiger partial charge >= 0.3 is 0 Å². The van der Waals surface area contributed by atoms with Crippen molar-refractivity contribution in [2.24, 2.45) is 0 Å². The number of ether oxygens (including phenoxy) is 3. The highest BCUT2D eigenvalue weighted by Crippen LogP contribution is 2.40. The minimum atomic E-state index is -0.331. The second-order valence-corrected chi connectivity index (χ2v) is 7.02. The van der Waals surface area contributed by atoms with Crippen LogP contribution in [0.4, 0.5) is 4.39 Å². The second-order valence-electron chi connectivity index (χ2n) is 6.01. The zero-order chi connectivity index (χ0) is 20.5. The van der Waals surface area contributed by atoms with E-state index >= 15 is 0 Å². The molecule has 2 aromatic heterocycles. The highest BCUT2D eigenvalue weighted by atomic mass is 32.1. The largest absolute Gasteiger partial charge is 0.493 e. The van der Waals surface area contributed by atoms with Crippen LogP contribution in [0.15, 0.2) is 41.2 Å². The summed E-state index contributed by atoms with van der Waals surface area (Å²) in [7, 11) is 4.56. The average Bonchev–Trinajstić information content (AvgIpc) is 3.28. The lowest BCUT2D eigenvalue weighted by Crippen LogP contribution is -2.23. The first-order chi connectivity index (χ1) is 14.0. The van der Waals surface area contributed by atoms with Gasteiger partial charge in [-0.15, -0.1) is 5.10 Å². The third kappa shape index (κ3) is 3.40. The fourth-order valence-corrected chi connectivity index (χ4v) is 3.78. The molecule has 0 saturated carbocycles. The van der Waals surface area contributed by atoms with Gasteiger partial charge in [0.05, 0.1) is 25.9 Å². The van der Waals surface area contributed by atoms with Gasteiger partial charge in [-0.1, -0.05) is 23.5 Å². The van der Waals surface area contributed by atoms with Crippen LogP contribution in [-0.4, -0.2) is 35.9 Å². The van der Waals surface area contributed by atoms with E-state index in [1.165, 1.54) is 49.3 Å². The van der Waals surface area contributed by atoms with Crippen LogP contribution in [0.25, 0.3) is 22.4 Å². The number of thiazole rings is 1. The summed E-state index contributed by atoms with van der Waals surface area (Å²) >= 11 is 1.21. The molecule has 0 aliphatic rings. The van der Waals surface area contributed by atoms with Crippen molar-refractivity contribution in [3.8, 4) is 28.6 Å². The smallest absolute Gasteiger partial charge is 0.291 e. The topological polar surface area (TPSA) is 75.0 Å². The number of benzene rings is 2. The van der Waals surface area contributed by atoms with Crippen LogP contribution in [0, 0.1) is 5.82 Å². The summed E-state index contributed by atoms with van der Waals surface area (Å²) in [5, 5.41) is 4.34. The van der Waals surface area contributed by atoms with E-state index in [4.69, 9.17) is 14.2 Å². The second kappa shape index (κ2) is 7.51. The highest BCUT2D eigenvalue weighted by Gasteiger charge is 2.18. The first-order valence-corrected chi connectivity index (χ1v) is 9.33. The highest BCUT2D eigenvalue weighted by molar-refractivity contribution is 7.15. The van der Waals surface area contributed by atoms with Crippen LogP contribution >= 0.6 is 11.3 Å². The lowest BCUT2D eigenvalue weighted by molar-refractivity contribution is 0.324. The SMILES string of the molecule is COc1cc(-c2nc3sc(=Cc4ccc(F)cc4)c(=O)n3n2)cc(OC)c1OC. The molecule has 29 heavy (non-hydrogen) atoms. The van der Waals surface area contributed by atoms with E-state index in [1.807, 2.05) is 0 Å². The monoisotopic (exact) mass is 413 g/mol. The van der Waals surface area contributed by atoms with Gasteiger partial charge in [-0.3, -0.25) is 4.79 Å². The van der Waals surface area contributed by atoms with E-state index in [1.54, 1.807) is 30.3 Å². The minimum Gasteiger partial charge on any atom is -0.493 e. The van der Waals surface area contributed by atoms with Crippen LogP contribution in [0.1, 0.15) is 5.56 Å². The van der Waals surface area contributed by atoms with E-state index in [0.29, 0.717) is 38.1 Å². The maximum absolute atomic E-state index is 13.1. The summed E-state index contributed by atoms with van der Waals surface area (Å²) in [5.74, 6) is 1.42. The molecule has 4 rings (SSSR count). The van der Waals surface area contributed by atoms with E-state index in [-0.39, 0.29) is 11.4 Å². The van der Waals surface area contributed by atoms with Gasteiger partial charge in [-0.25, -0.2) is 4.39 Å². The number of halogens is 1. The Bertz CT molecular complexity index is 1270. The molecule has 0 bridgehead atoms. The van der Waals surface area contributed by atoms with Gasteiger partial charge in [0.1, 0.15) is 5.82 Å². The Morgan fingerprint density at radius 3 is 2.24 bits per heavy atom. The predicted octanol–water partition coefficient (Wildman–Crippen LogP) is 2.53. The number of rotatable bonds is 5. The zero-order valence-corrected chi connectivity index (χ0v) is 16.6. The number of aromatic nitrogens is 3. The normalized spacial score (nSPS) is 11.8. The standard InChI is InChI=1S/C20H16FN3O4S/c1-26-14-9-12(10-15(27-2)17(14)28-3)18-22-20-24(23-18)19(25)16(29-20)8-11-4-6-13(21)7-5-11/h4-10H,1-3H3. The Kier molecular flexibility index (Phi) is 4.89. The molecule has 0 saturated heterocycles. The lowest BCUT2D eigenvalue weighted by Gasteiger charge is -2.12. The van der Waals surface area contributed by atoms with Gasteiger partial charge in [0, 0.05) is 5.56 Å². The zero-order valence-electron chi connectivity index (χ0n) is 15.8. The number of hydrogen-bond donors (Lipinski definition) is 0. The molecule has 0 amide bonds. The molecule has 2 heterocycles. The van der Waals surface area contributed by atoms with Gasteiger partial charge in [-0.2, -0.15) is 9.50 Å². The molecule has 0 radical (unpaired) electrons. The molecule has 2 aromatic carbocycles. The fourth-order valence-electron chi connectivity index (χ4n) is 2.88. The maximum atomic E-state index is 13.1. The lowest BCUT2D eigenvalue weighted by atomic mass is 10.1. The van der Waals surface area contributed by atoms with E-state index in [2.05, 4.69) is 10.1 Å². The summed E-state index contributed by atoms with van der Waals surface area (Å²) in [6.07, 6.45) is 1.68. The summed E-state index contributed by atoms with van der Waals surface area (Å²) in [5.41, 5.74) is 1.05. The molecule has 148 valence electrons. The number of nitrogens with zero attached hydrogens (tertiary/aromatic N) is 3. The molecule has 0 aliphatic heterocycles. The molecule has 0 spiro atoms. The van der Waals surface area contributed by atoms with Crippen LogP contribution in [-0.2, 0) is 0 Å². The molecule has 0 atom stereocenters. The fraction of sp³-hybridized carbons (Fsp3) is 0.150.